The number of hydrogen-bond acceptors (Lipinski definition) is 5. The van der Waals surface area contributed by atoms with Crippen LogP contribution >= 0.6 is 11.6 Å². The molecule has 37 heavy (non-hydrogen) atoms. The summed E-state index contributed by atoms with van der Waals surface area (Å²) in [5, 5.41) is 2.94. The van der Waals surface area contributed by atoms with Gasteiger partial charge in [-0.25, -0.2) is 4.79 Å². The lowest BCUT2D eigenvalue weighted by atomic mass is 9.93. The lowest BCUT2D eigenvalue weighted by Crippen LogP contribution is -2.58. The van der Waals surface area contributed by atoms with Crippen molar-refractivity contribution >= 4 is 35.5 Å². The van der Waals surface area contributed by atoms with Crippen LogP contribution in [0.4, 0.5) is 4.79 Å². The highest BCUT2D eigenvalue weighted by molar-refractivity contribution is 6.31. The van der Waals surface area contributed by atoms with E-state index in [4.69, 9.17) is 21.1 Å². The second-order valence-electron chi connectivity index (χ2n) is 9.10. The Bertz CT molecular complexity index is 1230. The van der Waals surface area contributed by atoms with E-state index in [0.29, 0.717) is 35.1 Å². The monoisotopic (exact) mass is 522 g/mol. The van der Waals surface area contributed by atoms with Gasteiger partial charge in [0, 0.05) is 22.2 Å². The van der Waals surface area contributed by atoms with E-state index >= 15 is 0 Å². The molecule has 7 nitrogen and oxygen atoms in total. The fourth-order valence-electron chi connectivity index (χ4n) is 4.77. The molecule has 0 unspecified atom stereocenters. The first-order chi connectivity index (χ1) is 17.9. The van der Waals surface area contributed by atoms with Crippen LogP contribution in [0.1, 0.15) is 55.7 Å². The van der Waals surface area contributed by atoms with E-state index in [1.165, 1.54) is 11.0 Å². The lowest BCUT2D eigenvalue weighted by molar-refractivity contribution is -0.132. The Hall–Kier alpha value is -3.58. The predicted molar refractivity (Wildman–Crippen MR) is 143 cm³/mol. The molecule has 0 atom stereocenters. The van der Waals surface area contributed by atoms with Gasteiger partial charge >= 0.3 is 6.03 Å². The molecule has 194 valence electrons. The predicted octanol–water partition coefficient (Wildman–Crippen LogP) is 5.84. The maximum absolute atomic E-state index is 13.3. The van der Waals surface area contributed by atoms with Crippen LogP contribution in [0.15, 0.2) is 54.6 Å². The Morgan fingerprint density at radius 1 is 1.08 bits per heavy atom. The van der Waals surface area contributed by atoms with E-state index in [9.17, 15) is 14.4 Å². The number of allylic oxidation sites excluding steroid dienone is 1. The molecule has 0 radical (unpaired) electrons. The minimum atomic E-state index is -0.704. The zero-order chi connectivity index (χ0) is 26.4. The molecule has 1 N–H and O–H groups in total. The molecule has 4 rings (SSSR count). The summed E-state index contributed by atoms with van der Waals surface area (Å²) in [6.07, 6.45) is 8.20. The standard InChI is InChI=1S/C29H31ClN2O5/c1-3-10-20-15-19(17-25(36-4-2)26(20)37-18-21-11-8-9-14-24(21)30)16-23-27(33)31-29(35)32(28(23)34)22-12-6-5-7-13-22/h3,8-9,11,14-17,22H,1,4-7,10,12-13,18H2,2H3,(H,31,33,35). The number of imide groups is 2. The number of nitrogens with one attached hydrogen (secondary N) is 1. The summed E-state index contributed by atoms with van der Waals surface area (Å²) in [5.74, 6) is -0.251. The molecule has 2 aliphatic rings. The van der Waals surface area contributed by atoms with Crippen molar-refractivity contribution < 1.29 is 23.9 Å². The largest absolute Gasteiger partial charge is 0.490 e. The van der Waals surface area contributed by atoms with Gasteiger partial charge in [0.2, 0.25) is 0 Å². The first-order valence-corrected chi connectivity index (χ1v) is 13.0. The number of benzene rings is 2. The van der Waals surface area contributed by atoms with Crippen molar-refractivity contribution in [3.8, 4) is 11.5 Å². The summed E-state index contributed by atoms with van der Waals surface area (Å²) in [5.41, 5.74) is 2.12. The van der Waals surface area contributed by atoms with Crippen molar-refractivity contribution in [3.63, 3.8) is 0 Å². The molecule has 1 heterocycles. The normalized spacial score (nSPS) is 17.6. The first kappa shape index (κ1) is 26.5. The van der Waals surface area contributed by atoms with Crippen LogP contribution in [-0.4, -0.2) is 35.4 Å². The Labute approximate surface area is 222 Å². The van der Waals surface area contributed by atoms with Gasteiger partial charge in [-0.2, -0.15) is 0 Å². The average Bonchev–Trinajstić information content (AvgIpc) is 2.88. The number of amides is 4. The molecule has 0 spiro atoms. The summed E-state index contributed by atoms with van der Waals surface area (Å²) < 4.78 is 12.0. The summed E-state index contributed by atoms with van der Waals surface area (Å²) in [4.78, 5) is 39.8. The molecule has 8 heteroatoms. The lowest BCUT2D eigenvalue weighted by Gasteiger charge is -2.35. The Morgan fingerprint density at radius 3 is 2.54 bits per heavy atom. The quantitative estimate of drug-likeness (QED) is 0.254. The highest BCUT2D eigenvalue weighted by Gasteiger charge is 2.40. The Kier molecular flexibility index (Phi) is 8.66. The van der Waals surface area contributed by atoms with Crippen LogP contribution in [0.25, 0.3) is 6.08 Å². The highest BCUT2D eigenvalue weighted by atomic mass is 35.5. The Morgan fingerprint density at radius 2 is 1.84 bits per heavy atom. The van der Waals surface area contributed by atoms with Crippen LogP contribution in [0.3, 0.4) is 0 Å². The minimum absolute atomic E-state index is 0.0816. The van der Waals surface area contributed by atoms with Gasteiger partial charge in [0.25, 0.3) is 11.8 Å². The van der Waals surface area contributed by atoms with Gasteiger partial charge < -0.3 is 9.47 Å². The number of ether oxygens (including phenoxy) is 2. The summed E-state index contributed by atoms with van der Waals surface area (Å²) in [7, 11) is 0. The third-order valence-electron chi connectivity index (χ3n) is 6.53. The molecule has 0 bridgehead atoms. The van der Waals surface area contributed by atoms with Crippen molar-refractivity contribution in [2.75, 3.05) is 6.61 Å². The molecule has 1 saturated heterocycles. The van der Waals surface area contributed by atoms with Crippen molar-refractivity contribution in [2.45, 2.75) is 58.1 Å². The number of rotatable bonds is 9. The van der Waals surface area contributed by atoms with Gasteiger partial charge in [-0.05, 0) is 56.0 Å². The van der Waals surface area contributed by atoms with Gasteiger partial charge in [-0.1, -0.05) is 55.1 Å². The van der Waals surface area contributed by atoms with Crippen molar-refractivity contribution in [2.24, 2.45) is 0 Å². The van der Waals surface area contributed by atoms with E-state index in [1.54, 1.807) is 18.2 Å². The third-order valence-corrected chi connectivity index (χ3v) is 6.90. The molecule has 0 aromatic heterocycles. The number of barbiturate groups is 1. The number of urea groups is 1. The fourth-order valence-corrected chi connectivity index (χ4v) is 4.96. The van der Waals surface area contributed by atoms with Crippen LogP contribution in [0, 0.1) is 0 Å². The SMILES string of the molecule is C=CCc1cc(C=C2C(=O)NC(=O)N(C3CCCCC3)C2=O)cc(OCC)c1OCc1ccccc1Cl. The molecule has 4 amide bonds. The first-order valence-electron chi connectivity index (χ1n) is 12.6. The summed E-state index contributed by atoms with van der Waals surface area (Å²) in [6, 6.07) is 10.2. The molecule has 2 aromatic rings. The number of carbonyl (C=O) groups is 3. The number of carbonyl (C=O) groups excluding carboxylic acids is 3. The second-order valence-corrected chi connectivity index (χ2v) is 9.50. The maximum Gasteiger partial charge on any atom is 0.331 e. The maximum atomic E-state index is 13.3. The van der Waals surface area contributed by atoms with Gasteiger partial charge in [0.1, 0.15) is 12.2 Å². The van der Waals surface area contributed by atoms with Gasteiger partial charge in [-0.3, -0.25) is 19.8 Å². The van der Waals surface area contributed by atoms with E-state index < -0.39 is 17.8 Å². The second kappa shape index (κ2) is 12.1. The van der Waals surface area contributed by atoms with Crippen LogP contribution < -0.4 is 14.8 Å². The third kappa shape index (κ3) is 6.05. The van der Waals surface area contributed by atoms with Crippen molar-refractivity contribution in [1.29, 1.82) is 0 Å². The number of nitrogens with zero attached hydrogens (tertiary/aromatic N) is 1. The zero-order valence-corrected chi connectivity index (χ0v) is 21.7. The molecule has 1 saturated carbocycles. The molecule has 2 aromatic carbocycles. The van der Waals surface area contributed by atoms with E-state index in [0.717, 1.165) is 43.2 Å². The highest BCUT2D eigenvalue weighted by Crippen LogP contribution is 2.36. The topological polar surface area (TPSA) is 84.9 Å². The zero-order valence-electron chi connectivity index (χ0n) is 20.9. The fraction of sp³-hybridized carbons (Fsp3) is 0.345. The smallest absolute Gasteiger partial charge is 0.331 e. The van der Waals surface area contributed by atoms with Crippen molar-refractivity contribution in [3.05, 3.63) is 76.3 Å². The van der Waals surface area contributed by atoms with Crippen LogP contribution in [-0.2, 0) is 22.6 Å². The minimum Gasteiger partial charge on any atom is -0.490 e. The molecule has 2 fully saturated rings. The van der Waals surface area contributed by atoms with E-state index in [1.807, 2.05) is 31.2 Å². The van der Waals surface area contributed by atoms with E-state index in [-0.39, 0.29) is 18.2 Å². The van der Waals surface area contributed by atoms with Crippen molar-refractivity contribution in [1.82, 2.24) is 10.2 Å². The summed E-state index contributed by atoms with van der Waals surface area (Å²) in [6.45, 7) is 6.34. The molecule has 1 aliphatic heterocycles. The number of hydrogen-bond donors (Lipinski definition) is 1. The molecular weight excluding hydrogens is 492 g/mol. The molecular formula is C29H31ClN2O5. The van der Waals surface area contributed by atoms with Gasteiger partial charge in [-0.15, -0.1) is 6.58 Å². The van der Waals surface area contributed by atoms with Crippen LogP contribution in [0.2, 0.25) is 5.02 Å². The Balaban J connectivity index is 1.69. The number of halogens is 1. The molecule has 1 aliphatic carbocycles. The van der Waals surface area contributed by atoms with Crippen LogP contribution in [0.5, 0.6) is 11.5 Å². The van der Waals surface area contributed by atoms with Gasteiger partial charge in [0.15, 0.2) is 11.5 Å². The summed E-state index contributed by atoms with van der Waals surface area (Å²) >= 11 is 6.30. The van der Waals surface area contributed by atoms with E-state index in [2.05, 4.69) is 11.9 Å². The average molecular weight is 523 g/mol. The van der Waals surface area contributed by atoms with Gasteiger partial charge in [0.05, 0.1) is 6.61 Å².